The van der Waals surface area contributed by atoms with Crippen LogP contribution in [-0.4, -0.2) is 47.8 Å². The fraction of sp³-hybridized carbons (Fsp3) is 0.333. The number of methoxy groups -OCH3 is 1. The minimum atomic E-state index is -4.76. The van der Waals surface area contributed by atoms with E-state index in [1.807, 2.05) is 0 Å². The third-order valence-electron chi connectivity index (χ3n) is 3.45. The number of hydrogen-bond acceptors (Lipinski definition) is 8. The molecule has 12 heteroatoms. The Morgan fingerprint density at radius 2 is 2.07 bits per heavy atom. The van der Waals surface area contributed by atoms with Gasteiger partial charge >= 0.3 is 6.03 Å². The molecule has 0 radical (unpaired) electrons. The van der Waals surface area contributed by atoms with E-state index in [0.717, 1.165) is 13.1 Å². The average Bonchev–Trinajstić information content (AvgIpc) is 2.59. The van der Waals surface area contributed by atoms with Gasteiger partial charge in [-0.05, 0) is 19.9 Å². The molecule has 2 aromatic heterocycles. The molecular formula is C15H18FN5O5S. The molecule has 10 nitrogen and oxygen atoms in total. The molecule has 27 heavy (non-hydrogen) atoms. The van der Waals surface area contributed by atoms with Crippen molar-refractivity contribution in [2.75, 3.05) is 11.4 Å². The number of alkyl halides is 1. The second kappa shape index (κ2) is 7.80. The fourth-order valence-electron chi connectivity index (χ4n) is 2.22. The zero-order valence-corrected chi connectivity index (χ0v) is 15.5. The molecule has 2 aromatic rings. The predicted octanol–water partition coefficient (Wildman–Crippen LogP) is 0.854. The third-order valence-corrected chi connectivity index (χ3v) is 5.10. The Morgan fingerprint density at radius 1 is 1.41 bits per heavy atom. The summed E-state index contributed by atoms with van der Waals surface area (Å²) in [6.45, 7) is 2.58. The topological polar surface area (TPSA) is 149 Å². The van der Waals surface area contributed by atoms with Crippen LogP contribution in [0.4, 0.5) is 15.1 Å². The molecule has 2 amide bonds. The molecule has 0 bridgehead atoms. The highest BCUT2D eigenvalue weighted by molar-refractivity contribution is 7.93. The summed E-state index contributed by atoms with van der Waals surface area (Å²) >= 11 is 0. The van der Waals surface area contributed by atoms with Crippen LogP contribution in [0.3, 0.4) is 0 Å². The van der Waals surface area contributed by atoms with Crippen molar-refractivity contribution in [3.8, 4) is 5.88 Å². The second-order valence-electron chi connectivity index (χ2n) is 5.48. The first-order valence-corrected chi connectivity index (χ1v) is 9.05. The van der Waals surface area contributed by atoms with Crippen LogP contribution in [0.2, 0.25) is 0 Å². The predicted molar refractivity (Wildman–Crippen MR) is 92.3 cm³/mol. The first kappa shape index (κ1) is 20.5. The standard InChI is InChI=1S/C15H18FN5O5S/c1-8-7-11(26-3)20-15(19-8)21(14(17)23)27(24,25)13-10(5-4-6-18-13)12(22)9(2)16/h4-7,9,12,22H,1-3H3,(H2,17,23). The van der Waals surface area contributed by atoms with Crippen LogP contribution in [0.15, 0.2) is 29.4 Å². The number of ether oxygens (including phenoxy) is 1. The van der Waals surface area contributed by atoms with Crippen LogP contribution in [-0.2, 0) is 10.0 Å². The first-order valence-electron chi connectivity index (χ1n) is 7.61. The lowest BCUT2D eigenvalue weighted by Gasteiger charge is -2.21. The van der Waals surface area contributed by atoms with E-state index < -0.39 is 39.3 Å². The van der Waals surface area contributed by atoms with E-state index in [9.17, 15) is 22.7 Å². The summed E-state index contributed by atoms with van der Waals surface area (Å²) in [4.78, 5) is 23.3. The Labute approximate surface area is 154 Å². The summed E-state index contributed by atoms with van der Waals surface area (Å²) in [6.07, 6.45) is -2.46. The van der Waals surface area contributed by atoms with Crippen molar-refractivity contribution < 1.29 is 27.4 Å². The zero-order chi connectivity index (χ0) is 20.4. The van der Waals surface area contributed by atoms with Gasteiger partial charge in [-0.1, -0.05) is 6.07 Å². The molecule has 2 heterocycles. The Bertz CT molecular complexity index is 953. The number of aromatic nitrogens is 3. The molecular weight excluding hydrogens is 381 g/mol. The largest absolute Gasteiger partial charge is 0.481 e. The van der Waals surface area contributed by atoms with E-state index in [1.165, 1.54) is 32.2 Å². The number of pyridine rings is 1. The van der Waals surface area contributed by atoms with Crippen molar-refractivity contribution in [3.63, 3.8) is 0 Å². The number of carbonyl (C=O) groups is 1. The molecule has 0 saturated heterocycles. The Kier molecular flexibility index (Phi) is 5.91. The van der Waals surface area contributed by atoms with Crippen LogP contribution >= 0.6 is 0 Å². The Morgan fingerprint density at radius 3 is 2.63 bits per heavy atom. The molecule has 0 spiro atoms. The molecule has 2 unspecified atom stereocenters. The maximum atomic E-state index is 13.6. The van der Waals surface area contributed by atoms with Gasteiger partial charge in [-0.25, -0.2) is 19.2 Å². The fourth-order valence-corrected chi connectivity index (χ4v) is 3.61. The van der Waals surface area contributed by atoms with Crippen molar-refractivity contribution in [3.05, 3.63) is 35.7 Å². The van der Waals surface area contributed by atoms with Crippen LogP contribution in [0.5, 0.6) is 5.88 Å². The van der Waals surface area contributed by atoms with Crippen LogP contribution < -0.4 is 14.8 Å². The minimum Gasteiger partial charge on any atom is -0.481 e. The highest BCUT2D eigenvalue weighted by Crippen LogP contribution is 2.28. The summed E-state index contributed by atoms with van der Waals surface area (Å²) in [7, 11) is -3.47. The first-order chi connectivity index (χ1) is 12.6. The van der Waals surface area contributed by atoms with Crippen molar-refractivity contribution in [2.24, 2.45) is 5.73 Å². The Hall–Kier alpha value is -2.86. The van der Waals surface area contributed by atoms with Crippen LogP contribution in [0.1, 0.15) is 24.3 Å². The van der Waals surface area contributed by atoms with E-state index in [-0.39, 0.29) is 15.7 Å². The number of rotatable bonds is 6. The van der Waals surface area contributed by atoms with Crippen molar-refractivity contribution >= 4 is 22.0 Å². The molecule has 3 N–H and O–H groups in total. The van der Waals surface area contributed by atoms with Gasteiger partial charge in [-0.15, -0.1) is 4.31 Å². The molecule has 146 valence electrons. The molecule has 0 aliphatic carbocycles. The number of aliphatic hydroxyl groups is 1. The number of hydrogen-bond donors (Lipinski definition) is 2. The van der Waals surface area contributed by atoms with Gasteiger partial charge in [0.2, 0.25) is 5.88 Å². The maximum Gasteiger partial charge on any atom is 0.336 e. The number of amides is 2. The lowest BCUT2D eigenvalue weighted by atomic mass is 10.1. The van der Waals surface area contributed by atoms with Gasteiger partial charge in [0.25, 0.3) is 16.0 Å². The van der Waals surface area contributed by atoms with E-state index >= 15 is 0 Å². The number of nitrogens with two attached hydrogens (primary N) is 1. The molecule has 0 aliphatic heterocycles. The SMILES string of the molecule is COc1cc(C)nc(N(C(N)=O)S(=O)(=O)c2ncccc2C(O)C(C)F)n1. The average molecular weight is 399 g/mol. The highest BCUT2D eigenvalue weighted by atomic mass is 32.2. The monoisotopic (exact) mass is 399 g/mol. The van der Waals surface area contributed by atoms with Gasteiger partial charge in [0.05, 0.1) is 7.11 Å². The summed E-state index contributed by atoms with van der Waals surface area (Å²) in [5, 5.41) is 9.25. The minimum absolute atomic E-state index is 0.00221. The maximum absolute atomic E-state index is 13.6. The molecule has 0 saturated carbocycles. The molecule has 2 atom stereocenters. The number of sulfonamides is 1. The number of carbonyl (C=O) groups excluding carboxylic acids is 1. The number of aryl methyl sites for hydroxylation is 1. The van der Waals surface area contributed by atoms with Crippen molar-refractivity contribution in [1.29, 1.82) is 0 Å². The summed E-state index contributed by atoms with van der Waals surface area (Å²) < 4.78 is 44.7. The van der Waals surface area contributed by atoms with Crippen LogP contribution in [0, 0.1) is 6.92 Å². The number of aliphatic hydroxyl groups excluding tert-OH is 1. The Balaban J connectivity index is 2.69. The van der Waals surface area contributed by atoms with Crippen LogP contribution in [0.25, 0.3) is 0 Å². The van der Waals surface area contributed by atoms with Gasteiger partial charge < -0.3 is 15.6 Å². The zero-order valence-electron chi connectivity index (χ0n) is 14.7. The lowest BCUT2D eigenvalue weighted by Crippen LogP contribution is -2.43. The normalized spacial score (nSPS) is 13.7. The summed E-state index contributed by atoms with van der Waals surface area (Å²) in [5.74, 6) is -0.573. The highest BCUT2D eigenvalue weighted by Gasteiger charge is 2.37. The lowest BCUT2D eigenvalue weighted by molar-refractivity contribution is 0.0853. The summed E-state index contributed by atoms with van der Waals surface area (Å²) in [5.41, 5.74) is 5.21. The molecule has 0 aromatic carbocycles. The van der Waals surface area contributed by atoms with Gasteiger partial charge in [-0.2, -0.15) is 13.4 Å². The molecule has 0 fully saturated rings. The van der Waals surface area contributed by atoms with E-state index in [1.54, 1.807) is 0 Å². The quantitative estimate of drug-likeness (QED) is 0.726. The molecule has 0 aliphatic rings. The van der Waals surface area contributed by atoms with Gasteiger partial charge in [0, 0.05) is 23.5 Å². The van der Waals surface area contributed by atoms with Crippen molar-refractivity contribution in [2.45, 2.75) is 31.1 Å². The second-order valence-corrected chi connectivity index (χ2v) is 7.18. The molecule has 2 rings (SSSR count). The van der Waals surface area contributed by atoms with Gasteiger partial charge in [0.15, 0.2) is 5.03 Å². The number of nitrogens with zero attached hydrogens (tertiary/aromatic N) is 4. The van der Waals surface area contributed by atoms with E-state index in [4.69, 9.17) is 10.5 Å². The van der Waals surface area contributed by atoms with E-state index in [0.29, 0.717) is 5.69 Å². The van der Waals surface area contributed by atoms with Gasteiger partial charge in [-0.3, -0.25) is 0 Å². The number of halogens is 1. The number of anilines is 1. The third kappa shape index (κ3) is 4.11. The number of primary amides is 1. The number of urea groups is 1. The smallest absolute Gasteiger partial charge is 0.336 e. The van der Waals surface area contributed by atoms with Gasteiger partial charge in [0.1, 0.15) is 12.3 Å². The van der Waals surface area contributed by atoms with E-state index in [2.05, 4.69) is 15.0 Å². The summed E-state index contributed by atoms with van der Waals surface area (Å²) in [6, 6.07) is 2.50. The van der Waals surface area contributed by atoms with Crippen molar-refractivity contribution in [1.82, 2.24) is 15.0 Å².